The SMILES string of the molecule is CS(=O)(=O)N(Cc1ccc(C2=NN=C(C(F)F)C2)cc1F)c1cccc(Br)c1. The topological polar surface area (TPSA) is 62.1 Å². The Hall–Kier alpha value is -2.20. The minimum absolute atomic E-state index is 0.141. The summed E-state index contributed by atoms with van der Waals surface area (Å²) in [6.07, 6.45) is -1.82. The number of alkyl halides is 2. The molecule has 5 nitrogen and oxygen atoms in total. The third-order valence-corrected chi connectivity index (χ3v) is 5.73. The Morgan fingerprint density at radius 2 is 1.93 bits per heavy atom. The Bertz CT molecular complexity index is 1070. The molecule has 0 spiro atoms. The number of nitrogens with zero attached hydrogens (tertiary/aromatic N) is 3. The molecule has 0 aliphatic carbocycles. The molecule has 2 aromatic carbocycles. The molecule has 148 valence electrons. The summed E-state index contributed by atoms with van der Waals surface area (Å²) >= 11 is 3.29. The van der Waals surface area contributed by atoms with Gasteiger partial charge in [-0.25, -0.2) is 21.6 Å². The highest BCUT2D eigenvalue weighted by Gasteiger charge is 2.24. The van der Waals surface area contributed by atoms with Crippen LogP contribution in [0.3, 0.4) is 0 Å². The van der Waals surface area contributed by atoms with E-state index in [2.05, 4.69) is 26.1 Å². The minimum Gasteiger partial charge on any atom is -0.266 e. The fourth-order valence-electron chi connectivity index (χ4n) is 2.69. The van der Waals surface area contributed by atoms with Gasteiger partial charge in [0, 0.05) is 22.0 Å². The summed E-state index contributed by atoms with van der Waals surface area (Å²) in [6.45, 7) is -0.216. The Balaban J connectivity index is 1.86. The maximum absolute atomic E-state index is 14.6. The van der Waals surface area contributed by atoms with Crippen molar-refractivity contribution in [3.8, 4) is 0 Å². The highest BCUT2D eigenvalue weighted by Crippen LogP contribution is 2.26. The van der Waals surface area contributed by atoms with Gasteiger partial charge in [-0.2, -0.15) is 10.2 Å². The second kappa shape index (κ2) is 8.04. The van der Waals surface area contributed by atoms with E-state index >= 15 is 0 Å². The van der Waals surface area contributed by atoms with Crippen molar-refractivity contribution in [2.75, 3.05) is 10.6 Å². The summed E-state index contributed by atoms with van der Waals surface area (Å²) < 4.78 is 66.2. The lowest BCUT2D eigenvalue weighted by molar-refractivity contribution is 0.224. The average Bonchev–Trinajstić information content (AvgIpc) is 3.10. The van der Waals surface area contributed by atoms with Crippen LogP contribution in [0.25, 0.3) is 0 Å². The third-order valence-electron chi connectivity index (χ3n) is 4.10. The van der Waals surface area contributed by atoms with E-state index in [9.17, 15) is 21.6 Å². The van der Waals surface area contributed by atoms with Crippen molar-refractivity contribution in [2.24, 2.45) is 10.2 Å². The van der Waals surface area contributed by atoms with Crippen molar-refractivity contribution < 1.29 is 21.6 Å². The molecule has 0 radical (unpaired) electrons. The summed E-state index contributed by atoms with van der Waals surface area (Å²) in [7, 11) is -3.67. The molecule has 0 amide bonds. The molecule has 0 saturated carbocycles. The van der Waals surface area contributed by atoms with E-state index in [0.29, 0.717) is 15.7 Å². The molecule has 0 unspecified atom stereocenters. The van der Waals surface area contributed by atoms with Crippen LogP contribution in [0.2, 0.25) is 0 Å². The van der Waals surface area contributed by atoms with Crippen LogP contribution >= 0.6 is 15.9 Å². The van der Waals surface area contributed by atoms with Gasteiger partial charge in [0.15, 0.2) is 0 Å². The Morgan fingerprint density at radius 3 is 2.50 bits per heavy atom. The first-order valence-corrected chi connectivity index (χ1v) is 10.7. The molecule has 2 aromatic rings. The van der Waals surface area contributed by atoms with Gasteiger partial charge in [0.25, 0.3) is 6.43 Å². The first-order valence-electron chi connectivity index (χ1n) is 8.08. The minimum atomic E-state index is -3.67. The molecule has 0 atom stereocenters. The van der Waals surface area contributed by atoms with Crippen molar-refractivity contribution in [3.05, 3.63) is 63.9 Å². The Morgan fingerprint density at radius 1 is 1.18 bits per heavy atom. The summed E-state index contributed by atoms with van der Waals surface area (Å²) in [5.74, 6) is -0.658. The largest absolute Gasteiger partial charge is 0.278 e. The lowest BCUT2D eigenvalue weighted by Crippen LogP contribution is -2.29. The van der Waals surface area contributed by atoms with E-state index in [1.165, 1.54) is 12.1 Å². The van der Waals surface area contributed by atoms with E-state index in [-0.39, 0.29) is 30.0 Å². The molecule has 1 aliphatic rings. The molecule has 10 heteroatoms. The first-order chi connectivity index (χ1) is 13.1. The number of sulfonamides is 1. The van der Waals surface area contributed by atoms with Crippen LogP contribution in [-0.4, -0.2) is 32.5 Å². The summed E-state index contributed by atoms with van der Waals surface area (Å²) in [6, 6.07) is 10.7. The normalized spacial score (nSPS) is 14.2. The maximum atomic E-state index is 14.6. The zero-order valence-electron chi connectivity index (χ0n) is 14.6. The monoisotopic (exact) mass is 473 g/mol. The van der Waals surface area contributed by atoms with Crippen LogP contribution in [0.15, 0.2) is 57.1 Å². The van der Waals surface area contributed by atoms with Gasteiger partial charge in [-0.05, 0) is 24.3 Å². The predicted octanol–water partition coefficient (Wildman–Crippen LogP) is 4.37. The third kappa shape index (κ3) is 4.61. The number of halogens is 4. The Labute approximate surface area is 168 Å². The van der Waals surface area contributed by atoms with Gasteiger partial charge in [0.2, 0.25) is 10.0 Å². The van der Waals surface area contributed by atoms with Crippen molar-refractivity contribution in [3.63, 3.8) is 0 Å². The van der Waals surface area contributed by atoms with Crippen LogP contribution in [0.4, 0.5) is 18.9 Å². The molecule has 28 heavy (non-hydrogen) atoms. The van der Waals surface area contributed by atoms with Gasteiger partial charge in [-0.15, -0.1) is 0 Å². The van der Waals surface area contributed by atoms with E-state index in [1.54, 1.807) is 24.3 Å². The van der Waals surface area contributed by atoms with Gasteiger partial charge >= 0.3 is 0 Å². The zero-order valence-corrected chi connectivity index (χ0v) is 17.0. The van der Waals surface area contributed by atoms with Crippen molar-refractivity contribution in [2.45, 2.75) is 19.4 Å². The number of hydrogen-bond acceptors (Lipinski definition) is 4. The van der Waals surface area contributed by atoms with E-state index in [4.69, 9.17) is 0 Å². The van der Waals surface area contributed by atoms with Gasteiger partial charge in [-0.1, -0.05) is 34.1 Å². The fraction of sp³-hybridized carbons (Fsp3) is 0.222. The van der Waals surface area contributed by atoms with Crippen LogP contribution in [0.1, 0.15) is 17.5 Å². The average molecular weight is 474 g/mol. The second-order valence-corrected chi connectivity index (χ2v) is 8.99. The molecular formula is C18H15BrF3N3O2S. The molecule has 0 saturated heterocycles. The molecule has 1 aliphatic heterocycles. The molecule has 0 bridgehead atoms. The highest BCUT2D eigenvalue weighted by molar-refractivity contribution is 9.10. The number of anilines is 1. The molecule has 0 N–H and O–H groups in total. The Kier molecular flexibility index (Phi) is 5.90. The maximum Gasteiger partial charge on any atom is 0.278 e. The summed E-state index contributed by atoms with van der Waals surface area (Å²) in [5, 5.41) is 7.10. The van der Waals surface area contributed by atoms with E-state index < -0.39 is 22.3 Å². The van der Waals surface area contributed by atoms with E-state index in [1.807, 2.05) is 0 Å². The van der Waals surface area contributed by atoms with Crippen LogP contribution in [0.5, 0.6) is 0 Å². The smallest absolute Gasteiger partial charge is 0.266 e. The lowest BCUT2D eigenvalue weighted by Gasteiger charge is -2.23. The summed E-state index contributed by atoms with van der Waals surface area (Å²) in [4.78, 5) is 0. The summed E-state index contributed by atoms with van der Waals surface area (Å²) in [5.41, 5.74) is 0.734. The standard InChI is InChI=1S/C18H15BrF3N3O2S/c1-28(26,27)25(14-4-2-3-13(19)8-14)10-12-6-5-11(7-15(12)20)16-9-17(18(21)22)24-23-16/h2-8,18H,9-10H2,1H3. The predicted molar refractivity (Wildman–Crippen MR) is 106 cm³/mol. The lowest BCUT2D eigenvalue weighted by atomic mass is 10.0. The molecule has 1 heterocycles. The second-order valence-electron chi connectivity index (χ2n) is 6.17. The number of hydrogen-bond donors (Lipinski definition) is 0. The van der Waals surface area contributed by atoms with Crippen molar-refractivity contribution in [1.29, 1.82) is 0 Å². The van der Waals surface area contributed by atoms with Gasteiger partial charge in [0.1, 0.15) is 11.5 Å². The molecule has 0 fully saturated rings. The van der Waals surface area contributed by atoms with E-state index in [0.717, 1.165) is 16.6 Å². The van der Waals surface area contributed by atoms with Crippen molar-refractivity contribution >= 4 is 43.1 Å². The van der Waals surface area contributed by atoms with Gasteiger partial charge in [0.05, 0.1) is 24.2 Å². The van der Waals surface area contributed by atoms with Gasteiger partial charge < -0.3 is 0 Å². The molecule has 3 rings (SSSR count). The zero-order chi connectivity index (χ0) is 20.5. The highest BCUT2D eigenvalue weighted by atomic mass is 79.9. The van der Waals surface area contributed by atoms with Gasteiger partial charge in [-0.3, -0.25) is 4.31 Å². The fourth-order valence-corrected chi connectivity index (χ4v) is 3.95. The molecular weight excluding hydrogens is 459 g/mol. The van der Waals surface area contributed by atoms with Crippen LogP contribution in [-0.2, 0) is 16.6 Å². The number of rotatable bonds is 6. The number of benzene rings is 2. The van der Waals surface area contributed by atoms with Crippen LogP contribution in [0, 0.1) is 5.82 Å². The van der Waals surface area contributed by atoms with Crippen LogP contribution < -0.4 is 4.31 Å². The first kappa shape index (κ1) is 20.5. The quantitative estimate of drug-likeness (QED) is 0.625. The van der Waals surface area contributed by atoms with Crippen molar-refractivity contribution in [1.82, 2.24) is 0 Å². The molecule has 0 aromatic heterocycles.